The molecule has 0 aromatic heterocycles. The van der Waals surface area contributed by atoms with Gasteiger partial charge in [0.25, 0.3) is 0 Å². The monoisotopic (exact) mass is 342 g/mol. The second-order valence-electron chi connectivity index (χ2n) is 6.09. The Hall–Kier alpha value is -2.20. The normalized spacial score (nSPS) is 16.2. The van der Waals surface area contributed by atoms with Crippen LogP contribution in [0.15, 0.2) is 36.4 Å². The van der Waals surface area contributed by atoms with Gasteiger partial charge < -0.3 is 19.5 Å². The van der Waals surface area contributed by atoms with Gasteiger partial charge >= 0.3 is 0 Å². The molecule has 0 fully saturated rings. The van der Waals surface area contributed by atoms with Crippen molar-refractivity contribution in [2.75, 3.05) is 26.4 Å². The summed E-state index contributed by atoms with van der Waals surface area (Å²) in [6.07, 6.45) is 1.04. The summed E-state index contributed by atoms with van der Waals surface area (Å²) in [6, 6.07) is 12.9. The molecular formula is C21H28NO3+. The van der Waals surface area contributed by atoms with Gasteiger partial charge in [-0.05, 0) is 50.6 Å². The lowest BCUT2D eigenvalue weighted by Gasteiger charge is -2.27. The van der Waals surface area contributed by atoms with Crippen LogP contribution in [0.2, 0.25) is 0 Å². The molecule has 25 heavy (non-hydrogen) atoms. The molecule has 134 valence electrons. The molecule has 2 N–H and O–H groups in total. The van der Waals surface area contributed by atoms with Crippen LogP contribution in [0.1, 0.15) is 43.5 Å². The first-order valence-corrected chi connectivity index (χ1v) is 9.25. The van der Waals surface area contributed by atoms with E-state index in [2.05, 4.69) is 35.6 Å². The predicted octanol–water partition coefficient (Wildman–Crippen LogP) is 3.09. The highest BCUT2D eigenvalue weighted by Gasteiger charge is 2.29. The van der Waals surface area contributed by atoms with Crippen LogP contribution >= 0.6 is 0 Å². The number of benzene rings is 2. The SMILES string of the molecule is CCOc1cc2c(cc1OCC)[C@H](c1ccccc1OCC)[NH2+]CC2. The first-order valence-electron chi connectivity index (χ1n) is 9.25. The topological polar surface area (TPSA) is 44.3 Å². The molecule has 0 unspecified atom stereocenters. The van der Waals surface area contributed by atoms with Crippen molar-refractivity contribution in [3.05, 3.63) is 53.1 Å². The van der Waals surface area contributed by atoms with Crippen LogP contribution in [0.4, 0.5) is 0 Å². The third-order valence-corrected chi connectivity index (χ3v) is 4.51. The molecule has 0 spiro atoms. The van der Waals surface area contributed by atoms with Crippen molar-refractivity contribution in [1.82, 2.24) is 0 Å². The predicted molar refractivity (Wildman–Crippen MR) is 98.7 cm³/mol. The van der Waals surface area contributed by atoms with Crippen LogP contribution in [0.5, 0.6) is 17.2 Å². The van der Waals surface area contributed by atoms with E-state index in [-0.39, 0.29) is 6.04 Å². The lowest BCUT2D eigenvalue weighted by atomic mass is 9.89. The maximum atomic E-state index is 5.87. The van der Waals surface area contributed by atoms with Crippen LogP contribution in [-0.2, 0) is 6.42 Å². The summed E-state index contributed by atoms with van der Waals surface area (Å²) in [5, 5.41) is 2.39. The molecule has 1 atom stereocenters. The first kappa shape index (κ1) is 17.6. The summed E-state index contributed by atoms with van der Waals surface area (Å²) in [7, 11) is 0. The van der Waals surface area contributed by atoms with E-state index in [1.54, 1.807) is 0 Å². The molecule has 0 aliphatic carbocycles. The van der Waals surface area contributed by atoms with Crippen molar-refractivity contribution in [2.24, 2.45) is 0 Å². The molecule has 0 saturated carbocycles. The number of fused-ring (bicyclic) bond motifs is 1. The summed E-state index contributed by atoms with van der Waals surface area (Å²) in [5.41, 5.74) is 3.85. The number of hydrogen-bond donors (Lipinski definition) is 1. The summed E-state index contributed by atoms with van der Waals surface area (Å²) >= 11 is 0. The van der Waals surface area contributed by atoms with Gasteiger partial charge in [0.2, 0.25) is 0 Å². The Labute approximate surface area is 150 Å². The Kier molecular flexibility index (Phi) is 5.82. The fourth-order valence-corrected chi connectivity index (χ4v) is 3.51. The number of nitrogens with two attached hydrogens (primary N) is 1. The maximum absolute atomic E-state index is 5.87. The Balaban J connectivity index is 2.05. The number of para-hydroxylation sites is 1. The van der Waals surface area contributed by atoms with Gasteiger partial charge in [0.1, 0.15) is 11.8 Å². The maximum Gasteiger partial charge on any atom is 0.161 e. The number of hydrogen-bond acceptors (Lipinski definition) is 3. The van der Waals surface area contributed by atoms with E-state index >= 15 is 0 Å². The van der Waals surface area contributed by atoms with Gasteiger partial charge in [-0.1, -0.05) is 12.1 Å². The summed E-state index contributed by atoms with van der Waals surface area (Å²) in [6.45, 7) is 9.02. The molecule has 1 aliphatic rings. The summed E-state index contributed by atoms with van der Waals surface area (Å²) in [5.74, 6) is 2.64. The van der Waals surface area contributed by atoms with E-state index in [9.17, 15) is 0 Å². The lowest BCUT2D eigenvalue weighted by molar-refractivity contribution is -0.690. The standard InChI is InChI=1S/C21H27NO3/c1-4-23-18-10-8-7-9-16(18)21-17-14-20(25-6-3)19(24-5-2)13-15(17)11-12-22-21/h7-10,13-14,21-22H,4-6,11-12H2,1-3H3/p+1/t21-/m0/s1. The zero-order valence-electron chi connectivity index (χ0n) is 15.4. The first-order chi connectivity index (χ1) is 12.3. The van der Waals surface area contributed by atoms with E-state index in [0.29, 0.717) is 19.8 Å². The quantitative estimate of drug-likeness (QED) is 0.841. The van der Waals surface area contributed by atoms with Gasteiger partial charge in [-0.25, -0.2) is 0 Å². The molecule has 2 aromatic carbocycles. The van der Waals surface area contributed by atoms with E-state index in [1.807, 2.05) is 26.8 Å². The molecule has 0 saturated heterocycles. The smallest absolute Gasteiger partial charge is 0.161 e. The average molecular weight is 342 g/mol. The fourth-order valence-electron chi connectivity index (χ4n) is 3.51. The Bertz CT molecular complexity index is 714. The molecule has 0 bridgehead atoms. The Morgan fingerprint density at radius 1 is 0.840 bits per heavy atom. The van der Waals surface area contributed by atoms with Gasteiger partial charge in [0.05, 0.1) is 31.9 Å². The highest BCUT2D eigenvalue weighted by molar-refractivity contribution is 5.52. The van der Waals surface area contributed by atoms with Crippen molar-refractivity contribution in [2.45, 2.75) is 33.2 Å². The fraction of sp³-hybridized carbons (Fsp3) is 0.429. The van der Waals surface area contributed by atoms with Crippen LogP contribution in [0, 0.1) is 0 Å². The molecule has 3 rings (SSSR count). The summed E-state index contributed by atoms with van der Waals surface area (Å²) in [4.78, 5) is 0. The van der Waals surface area contributed by atoms with Crippen molar-refractivity contribution in [3.8, 4) is 17.2 Å². The minimum atomic E-state index is 0.224. The van der Waals surface area contributed by atoms with Gasteiger partial charge in [-0.3, -0.25) is 0 Å². The minimum Gasteiger partial charge on any atom is -0.493 e. The average Bonchev–Trinajstić information content (AvgIpc) is 2.63. The minimum absolute atomic E-state index is 0.224. The molecule has 4 nitrogen and oxygen atoms in total. The summed E-state index contributed by atoms with van der Waals surface area (Å²) < 4.78 is 17.5. The van der Waals surface area contributed by atoms with Gasteiger partial charge in [0, 0.05) is 12.0 Å². The molecule has 1 aliphatic heterocycles. The highest BCUT2D eigenvalue weighted by atomic mass is 16.5. The van der Waals surface area contributed by atoms with Gasteiger partial charge in [-0.15, -0.1) is 0 Å². The van der Waals surface area contributed by atoms with E-state index in [4.69, 9.17) is 14.2 Å². The van der Waals surface area contributed by atoms with Crippen molar-refractivity contribution in [3.63, 3.8) is 0 Å². The van der Waals surface area contributed by atoms with Gasteiger partial charge in [0.15, 0.2) is 11.5 Å². The second-order valence-corrected chi connectivity index (χ2v) is 6.09. The molecular weight excluding hydrogens is 314 g/mol. The van der Waals surface area contributed by atoms with Crippen molar-refractivity contribution >= 4 is 0 Å². The molecule has 1 heterocycles. The number of ether oxygens (including phenoxy) is 3. The number of rotatable bonds is 7. The molecule has 4 heteroatoms. The second kappa shape index (κ2) is 8.26. The zero-order chi connectivity index (χ0) is 17.6. The van der Waals surface area contributed by atoms with Crippen LogP contribution in [0.3, 0.4) is 0 Å². The van der Waals surface area contributed by atoms with Crippen LogP contribution in [0.25, 0.3) is 0 Å². The molecule has 2 aromatic rings. The third-order valence-electron chi connectivity index (χ3n) is 4.51. The zero-order valence-corrected chi connectivity index (χ0v) is 15.4. The molecule has 0 radical (unpaired) electrons. The Morgan fingerprint density at radius 2 is 1.48 bits per heavy atom. The van der Waals surface area contributed by atoms with E-state index < -0.39 is 0 Å². The number of quaternary nitrogens is 1. The largest absolute Gasteiger partial charge is 0.493 e. The van der Waals surface area contributed by atoms with E-state index in [1.165, 1.54) is 16.7 Å². The van der Waals surface area contributed by atoms with Crippen LogP contribution < -0.4 is 19.5 Å². The van der Waals surface area contributed by atoms with Crippen molar-refractivity contribution in [1.29, 1.82) is 0 Å². The highest BCUT2D eigenvalue weighted by Crippen LogP contribution is 2.37. The van der Waals surface area contributed by atoms with Gasteiger partial charge in [-0.2, -0.15) is 0 Å². The van der Waals surface area contributed by atoms with E-state index in [0.717, 1.165) is 30.2 Å². The lowest BCUT2D eigenvalue weighted by Crippen LogP contribution is -2.87. The Morgan fingerprint density at radius 3 is 2.20 bits per heavy atom. The van der Waals surface area contributed by atoms with Crippen molar-refractivity contribution < 1.29 is 19.5 Å². The van der Waals surface area contributed by atoms with Crippen LogP contribution in [-0.4, -0.2) is 26.4 Å². The molecule has 0 amide bonds. The third kappa shape index (κ3) is 3.74.